The van der Waals surface area contributed by atoms with Crippen LogP contribution in [0.2, 0.25) is 0 Å². The number of anilines is 1. The molecule has 0 bridgehead atoms. The molecule has 1 heterocycles. The van der Waals surface area contributed by atoms with Crippen molar-refractivity contribution in [2.45, 2.75) is 30.7 Å². The molecular weight excluding hydrogens is 413 g/mol. The van der Waals surface area contributed by atoms with E-state index in [-0.39, 0.29) is 16.8 Å². The second-order valence-corrected chi connectivity index (χ2v) is 9.19. The summed E-state index contributed by atoms with van der Waals surface area (Å²) < 4.78 is 45.6. The molecule has 0 aromatic heterocycles. The first-order valence-corrected chi connectivity index (χ1v) is 11.2. The molecule has 0 radical (unpaired) electrons. The third-order valence-electron chi connectivity index (χ3n) is 4.84. The SMILES string of the molecule is COc1ccc(S(=O)(=O)N2CCCC2)cc1NC(=S)N[C@H](C)c1ccc(F)cc1. The Kier molecular flexibility index (Phi) is 6.71. The van der Waals surface area contributed by atoms with Gasteiger partial charge in [0.15, 0.2) is 5.11 Å². The summed E-state index contributed by atoms with van der Waals surface area (Å²) >= 11 is 5.38. The monoisotopic (exact) mass is 437 g/mol. The number of ether oxygens (including phenoxy) is 1. The second-order valence-electron chi connectivity index (χ2n) is 6.84. The maximum absolute atomic E-state index is 13.1. The summed E-state index contributed by atoms with van der Waals surface area (Å²) in [5.41, 5.74) is 1.32. The Morgan fingerprint density at radius 1 is 1.17 bits per heavy atom. The molecule has 3 rings (SSSR count). The summed E-state index contributed by atoms with van der Waals surface area (Å²) in [7, 11) is -2.05. The van der Waals surface area contributed by atoms with E-state index in [4.69, 9.17) is 17.0 Å². The summed E-state index contributed by atoms with van der Waals surface area (Å²) in [6.07, 6.45) is 1.74. The maximum Gasteiger partial charge on any atom is 0.243 e. The molecule has 1 saturated heterocycles. The molecule has 6 nitrogen and oxygen atoms in total. The van der Waals surface area contributed by atoms with Crippen LogP contribution in [0.3, 0.4) is 0 Å². The maximum atomic E-state index is 13.1. The van der Waals surface area contributed by atoms with E-state index in [9.17, 15) is 12.8 Å². The van der Waals surface area contributed by atoms with E-state index < -0.39 is 10.0 Å². The fraction of sp³-hybridized carbons (Fsp3) is 0.350. The highest BCUT2D eigenvalue weighted by molar-refractivity contribution is 7.89. The Labute approximate surface area is 176 Å². The molecular formula is C20H24FN3O3S2. The lowest BCUT2D eigenvalue weighted by Gasteiger charge is -2.20. The molecule has 0 spiro atoms. The molecule has 1 aliphatic heterocycles. The first-order chi connectivity index (χ1) is 13.8. The van der Waals surface area contributed by atoms with Crippen LogP contribution in [-0.2, 0) is 10.0 Å². The fourth-order valence-electron chi connectivity index (χ4n) is 3.21. The Morgan fingerprint density at radius 2 is 1.83 bits per heavy atom. The van der Waals surface area contributed by atoms with Crippen LogP contribution in [0.4, 0.5) is 10.1 Å². The second kappa shape index (κ2) is 9.06. The molecule has 0 amide bonds. The van der Waals surface area contributed by atoms with Crippen molar-refractivity contribution in [1.82, 2.24) is 9.62 Å². The normalized spacial score (nSPS) is 15.7. The van der Waals surface area contributed by atoms with Crippen molar-refractivity contribution in [3.8, 4) is 5.75 Å². The van der Waals surface area contributed by atoms with E-state index in [0.717, 1.165) is 18.4 Å². The van der Waals surface area contributed by atoms with Gasteiger partial charge in [0, 0.05) is 13.1 Å². The van der Waals surface area contributed by atoms with Crippen LogP contribution in [0, 0.1) is 5.82 Å². The van der Waals surface area contributed by atoms with E-state index in [0.29, 0.717) is 29.6 Å². The molecule has 156 valence electrons. The Balaban J connectivity index is 1.76. The third kappa shape index (κ3) is 5.04. The van der Waals surface area contributed by atoms with Crippen LogP contribution < -0.4 is 15.4 Å². The molecule has 0 saturated carbocycles. The average molecular weight is 438 g/mol. The zero-order chi connectivity index (χ0) is 21.0. The molecule has 1 fully saturated rings. The van der Waals surface area contributed by atoms with Crippen LogP contribution >= 0.6 is 12.2 Å². The topological polar surface area (TPSA) is 70.7 Å². The molecule has 1 aliphatic rings. The summed E-state index contributed by atoms with van der Waals surface area (Å²) in [5, 5.41) is 6.43. The number of halogens is 1. The lowest BCUT2D eigenvalue weighted by atomic mass is 10.1. The highest BCUT2D eigenvalue weighted by Gasteiger charge is 2.28. The minimum atomic E-state index is -3.55. The van der Waals surface area contributed by atoms with Gasteiger partial charge in [0.1, 0.15) is 11.6 Å². The van der Waals surface area contributed by atoms with Crippen molar-refractivity contribution in [2.24, 2.45) is 0 Å². The standard InChI is InChI=1S/C20H24FN3O3S2/c1-14(15-5-7-16(21)8-6-15)22-20(28)23-18-13-17(9-10-19(18)27-2)29(25,26)24-11-3-4-12-24/h5-10,13-14H,3-4,11-12H2,1-2H3,(H2,22,23,28)/t14-/m1/s1. The molecule has 0 unspecified atom stereocenters. The fourth-order valence-corrected chi connectivity index (χ4v) is 5.04. The minimum Gasteiger partial charge on any atom is -0.495 e. The Hall–Kier alpha value is -2.23. The Bertz CT molecular complexity index is 975. The first-order valence-electron chi connectivity index (χ1n) is 9.32. The van der Waals surface area contributed by atoms with Gasteiger partial charge in [-0.25, -0.2) is 12.8 Å². The summed E-state index contributed by atoms with van der Waals surface area (Å²) in [6.45, 7) is 2.96. The highest BCUT2D eigenvalue weighted by atomic mass is 32.2. The van der Waals surface area contributed by atoms with Gasteiger partial charge in [0.25, 0.3) is 0 Å². The first kappa shape index (κ1) is 21.5. The molecule has 29 heavy (non-hydrogen) atoms. The zero-order valence-corrected chi connectivity index (χ0v) is 17.9. The smallest absolute Gasteiger partial charge is 0.243 e. The number of rotatable bonds is 6. The number of hydrogen-bond donors (Lipinski definition) is 2. The molecule has 2 aromatic rings. The molecule has 9 heteroatoms. The largest absolute Gasteiger partial charge is 0.495 e. The lowest BCUT2D eigenvalue weighted by Crippen LogP contribution is -2.31. The number of hydrogen-bond acceptors (Lipinski definition) is 4. The van der Waals surface area contributed by atoms with E-state index in [1.807, 2.05) is 6.92 Å². The van der Waals surface area contributed by atoms with Crippen LogP contribution in [-0.4, -0.2) is 38.0 Å². The molecule has 0 aliphatic carbocycles. The van der Waals surface area contributed by atoms with Gasteiger partial charge < -0.3 is 15.4 Å². The van der Waals surface area contributed by atoms with E-state index in [1.165, 1.54) is 35.7 Å². The zero-order valence-electron chi connectivity index (χ0n) is 16.3. The van der Waals surface area contributed by atoms with Crippen LogP contribution in [0.15, 0.2) is 47.4 Å². The van der Waals surface area contributed by atoms with Gasteiger partial charge in [0.2, 0.25) is 10.0 Å². The van der Waals surface area contributed by atoms with E-state index in [1.54, 1.807) is 18.2 Å². The van der Waals surface area contributed by atoms with E-state index in [2.05, 4.69) is 10.6 Å². The van der Waals surface area contributed by atoms with Gasteiger partial charge in [-0.15, -0.1) is 0 Å². The summed E-state index contributed by atoms with van der Waals surface area (Å²) in [4.78, 5) is 0.192. The van der Waals surface area contributed by atoms with E-state index >= 15 is 0 Å². The Morgan fingerprint density at radius 3 is 2.45 bits per heavy atom. The molecule has 2 aromatic carbocycles. The van der Waals surface area contributed by atoms with Gasteiger partial charge in [-0.1, -0.05) is 12.1 Å². The van der Waals surface area contributed by atoms with Crippen LogP contribution in [0.1, 0.15) is 31.4 Å². The number of nitrogens with zero attached hydrogens (tertiary/aromatic N) is 1. The lowest BCUT2D eigenvalue weighted by molar-refractivity contribution is 0.416. The van der Waals surface area contributed by atoms with Crippen molar-refractivity contribution in [3.63, 3.8) is 0 Å². The number of sulfonamides is 1. The van der Waals surface area contributed by atoms with Crippen LogP contribution in [0.25, 0.3) is 0 Å². The van der Waals surface area contributed by atoms with Gasteiger partial charge in [-0.2, -0.15) is 4.31 Å². The summed E-state index contributed by atoms with van der Waals surface area (Å²) in [6, 6.07) is 10.6. The van der Waals surface area contributed by atoms with Gasteiger partial charge in [0.05, 0.1) is 23.7 Å². The average Bonchev–Trinajstić information content (AvgIpc) is 3.24. The van der Waals surface area contributed by atoms with Crippen molar-refractivity contribution in [3.05, 3.63) is 53.8 Å². The van der Waals surface area contributed by atoms with Crippen molar-refractivity contribution < 1.29 is 17.5 Å². The van der Waals surface area contributed by atoms with Crippen LogP contribution in [0.5, 0.6) is 5.75 Å². The van der Waals surface area contributed by atoms with Gasteiger partial charge in [-0.05, 0) is 67.9 Å². The predicted octanol–water partition coefficient (Wildman–Crippen LogP) is 3.67. The number of thiocarbonyl (C=S) groups is 1. The highest BCUT2D eigenvalue weighted by Crippen LogP contribution is 2.30. The molecule has 1 atom stereocenters. The van der Waals surface area contributed by atoms with Gasteiger partial charge in [-0.3, -0.25) is 0 Å². The van der Waals surface area contributed by atoms with Crippen molar-refractivity contribution in [2.75, 3.05) is 25.5 Å². The predicted molar refractivity (Wildman–Crippen MR) is 115 cm³/mol. The van der Waals surface area contributed by atoms with Crippen molar-refractivity contribution in [1.29, 1.82) is 0 Å². The third-order valence-corrected chi connectivity index (χ3v) is 6.95. The quantitative estimate of drug-likeness (QED) is 0.672. The molecule has 2 N–H and O–H groups in total. The number of benzene rings is 2. The minimum absolute atomic E-state index is 0.168. The number of nitrogens with one attached hydrogen (secondary N) is 2. The summed E-state index contributed by atoms with van der Waals surface area (Å²) in [5.74, 6) is 0.173. The van der Waals surface area contributed by atoms with Crippen molar-refractivity contribution >= 4 is 33.0 Å². The number of methoxy groups -OCH3 is 1. The van der Waals surface area contributed by atoms with Gasteiger partial charge >= 0.3 is 0 Å².